The molecule has 3 aromatic rings. The van der Waals surface area contributed by atoms with Gasteiger partial charge in [0.15, 0.2) is 5.78 Å². The van der Waals surface area contributed by atoms with Gasteiger partial charge in [0.2, 0.25) is 5.85 Å². The average molecular weight is 717 g/mol. The fourth-order valence-electron chi connectivity index (χ4n) is 7.52. The number of likely N-dealkylation sites (tertiary alicyclic amines) is 2. The second kappa shape index (κ2) is 15.5. The number of anilines is 1. The second-order valence-corrected chi connectivity index (χ2v) is 14.7. The summed E-state index contributed by atoms with van der Waals surface area (Å²) in [5.74, 6) is -2.94. The first-order valence-electron chi connectivity index (χ1n) is 17.0. The number of ketones is 1. The van der Waals surface area contributed by atoms with Gasteiger partial charge in [-0.15, -0.1) is 11.3 Å². The molecule has 2 aliphatic heterocycles. The fourth-order valence-corrected chi connectivity index (χ4v) is 8.92. The minimum absolute atomic E-state index is 0.00491. The molecule has 48 heavy (non-hydrogen) atoms. The lowest BCUT2D eigenvalue weighted by Gasteiger charge is -2.50. The molecule has 1 aliphatic carbocycles. The van der Waals surface area contributed by atoms with Crippen LogP contribution in [-0.2, 0) is 25.5 Å². The van der Waals surface area contributed by atoms with E-state index in [1.165, 1.54) is 11.3 Å². The Morgan fingerprint density at radius 2 is 1.75 bits per heavy atom. The van der Waals surface area contributed by atoms with Crippen LogP contribution in [0.15, 0.2) is 41.8 Å². The van der Waals surface area contributed by atoms with E-state index in [-0.39, 0.29) is 35.3 Å². The molecule has 1 aromatic heterocycles. The molecule has 2 N–H and O–H groups in total. The molecule has 6 rings (SSSR count). The van der Waals surface area contributed by atoms with Gasteiger partial charge in [-0.05, 0) is 82.1 Å². The summed E-state index contributed by atoms with van der Waals surface area (Å²) in [5.41, 5.74) is 1.47. The van der Waals surface area contributed by atoms with Gasteiger partial charge in [-0.25, -0.2) is 0 Å². The van der Waals surface area contributed by atoms with Crippen LogP contribution in [0.25, 0.3) is 10.1 Å². The van der Waals surface area contributed by atoms with Gasteiger partial charge in [-0.1, -0.05) is 41.4 Å². The highest BCUT2D eigenvalue weighted by atomic mass is 35.5. The maximum absolute atomic E-state index is 15.0. The summed E-state index contributed by atoms with van der Waals surface area (Å²) in [6.07, 6.45) is 5.60. The number of amides is 1. The molecular weight excluding hydrogens is 673 g/mol. The lowest BCUT2D eigenvalue weighted by atomic mass is 9.87. The van der Waals surface area contributed by atoms with E-state index >= 15 is 0 Å². The number of Topliss-reactive ketones (excluding diaryl/α,β-unsaturated/α-hetero) is 1. The van der Waals surface area contributed by atoms with Gasteiger partial charge < -0.3 is 19.9 Å². The van der Waals surface area contributed by atoms with Crippen LogP contribution in [0.1, 0.15) is 74.2 Å². The van der Waals surface area contributed by atoms with Crippen LogP contribution in [0, 0.1) is 5.92 Å². The Labute approximate surface area is 295 Å². The first-order chi connectivity index (χ1) is 23.2. The number of carboxylic acids is 1. The number of carboxylic acid groups (broad SMARTS) is 1. The summed E-state index contributed by atoms with van der Waals surface area (Å²) in [4.78, 5) is 44.3. The van der Waals surface area contributed by atoms with Gasteiger partial charge in [-0.3, -0.25) is 24.2 Å². The van der Waals surface area contributed by atoms with E-state index in [4.69, 9.17) is 32.7 Å². The van der Waals surface area contributed by atoms with Crippen LogP contribution in [0.4, 0.5) is 5.69 Å². The zero-order chi connectivity index (χ0) is 33.8. The van der Waals surface area contributed by atoms with Crippen molar-refractivity contribution in [3.63, 3.8) is 0 Å². The third-order valence-corrected chi connectivity index (χ3v) is 11.6. The number of hydrogen-bond donors (Lipinski definition) is 2. The smallest absolute Gasteiger partial charge is 0.306 e. The van der Waals surface area contributed by atoms with Gasteiger partial charge in [0, 0.05) is 59.2 Å². The highest BCUT2D eigenvalue weighted by molar-refractivity contribution is 7.17. The van der Waals surface area contributed by atoms with Crippen LogP contribution in [-0.4, -0.2) is 83.4 Å². The maximum Gasteiger partial charge on any atom is 0.306 e. The lowest BCUT2D eigenvalue weighted by molar-refractivity contribution is -0.261. The molecule has 12 heteroatoms. The topological polar surface area (TPSA) is 108 Å². The number of ether oxygens (including phenoxy) is 2. The van der Waals surface area contributed by atoms with Crippen molar-refractivity contribution in [2.45, 2.75) is 82.7 Å². The number of rotatable bonds is 13. The summed E-state index contributed by atoms with van der Waals surface area (Å²) in [6, 6.07) is 11.0. The molecular formula is C36H43Cl2N3O6S. The number of nitrogens with one attached hydrogen (secondary N) is 1. The minimum Gasteiger partial charge on any atom is -0.481 e. The molecule has 9 nitrogen and oxygen atoms in total. The predicted octanol–water partition coefficient (Wildman–Crippen LogP) is 7.48. The molecule has 1 unspecified atom stereocenters. The van der Waals surface area contributed by atoms with Crippen molar-refractivity contribution in [3.05, 3.63) is 63.0 Å². The highest BCUT2D eigenvalue weighted by Gasteiger charge is 2.55. The number of thiophene rings is 1. The Balaban J connectivity index is 1.29. The standard InChI is InChI=1S/C36H43Cl2N3O6S/c1-2-46-21-25-8-7-17-41(25)36(40-15-5-6-16-40,47-26-13-11-23(12-14-26)35(44)45)33(42)19-24-18-30(38)31(20-29(24)37)39-34(43)28-22-48-32-10-4-3-9-27(28)32/h3-4,9-10,18,20,22-23,25-26H,2,5-8,11-17,19,21H2,1H3,(H,39,43)(H,44,45)/t23?,25-,26?,36?/m0/s1. The van der Waals surface area contributed by atoms with E-state index in [1.54, 1.807) is 12.1 Å². The summed E-state index contributed by atoms with van der Waals surface area (Å²) in [5, 5.41) is 15.8. The first-order valence-corrected chi connectivity index (χ1v) is 18.6. The van der Waals surface area contributed by atoms with Crippen molar-refractivity contribution >= 4 is 68.0 Å². The number of aliphatic carboxylic acids is 1. The molecule has 1 amide bonds. The molecule has 0 bridgehead atoms. The summed E-state index contributed by atoms with van der Waals surface area (Å²) in [6.45, 7) is 5.15. The predicted molar refractivity (Wildman–Crippen MR) is 189 cm³/mol. The van der Waals surface area contributed by atoms with Gasteiger partial charge in [-0.2, -0.15) is 0 Å². The lowest BCUT2D eigenvalue weighted by Crippen LogP contribution is -2.69. The molecule has 2 atom stereocenters. The van der Waals surface area contributed by atoms with E-state index in [9.17, 15) is 19.5 Å². The van der Waals surface area contributed by atoms with E-state index in [2.05, 4.69) is 15.1 Å². The quantitative estimate of drug-likeness (QED) is 0.188. The van der Waals surface area contributed by atoms with E-state index < -0.39 is 17.7 Å². The Morgan fingerprint density at radius 1 is 1.00 bits per heavy atom. The van der Waals surface area contributed by atoms with Crippen molar-refractivity contribution in [1.29, 1.82) is 0 Å². The number of hydrogen-bond acceptors (Lipinski definition) is 8. The molecule has 3 aliphatic rings. The van der Waals surface area contributed by atoms with Crippen LogP contribution < -0.4 is 5.32 Å². The highest BCUT2D eigenvalue weighted by Crippen LogP contribution is 2.40. The minimum atomic E-state index is -1.35. The molecule has 258 valence electrons. The third kappa shape index (κ3) is 7.31. The summed E-state index contributed by atoms with van der Waals surface area (Å²) < 4.78 is 14.0. The second-order valence-electron chi connectivity index (χ2n) is 13.0. The zero-order valence-corrected chi connectivity index (χ0v) is 29.5. The van der Waals surface area contributed by atoms with Crippen LogP contribution in [0.5, 0.6) is 0 Å². The first kappa shape index (κ1) is 35.3. The third-order valence-electron chi connectivity index (χ3n) is 9.99. The molecule has 0 spiro atoms. The van der Waals surface area contributed by atoms with Gasteiger partial charge in [0.1, 0.15) is 0 Å². The summed E-state index contributed by atoms with van der Waals surface area (Å²) in [7, 11) is 0. The maximum atomic E-state index is 15.0. The summed E-state index contributed by atoms with van der Waals surface area (Å²) >= 11 is 15.1. The van der Waals surface area contributed by atoms with Crippen LogP contribution >= 0.6 is 34.5 Å². The number of halogens is 2. The molecule has 3 heterocycles. The molecule has 0 radical (unpaired) electrons. The Hall–Kier alpha value is -2.57. The fraction of sp³-hybridized carbons (Fsp3) is 0.528. The number of carbonyl (C=O) groups is 3. The van der Waals surface area contributed by atoms with Crippen LogP contribution in [0.2, 0.25) is 10.0 Å². The Bertz CT molecular complexity index is 1640. The largest absolute Gasteiger partial charge is 0.481 e. The van der Waals surface area contributed by atoms with Crippen LogP contribution in [0.3, 0.4) is 0 Å². The van der Waals surface area contributed by atoms with E-state index in [0.717, 1.165) is 35.8 Å². The monoisotopic (exact) mass is 715 g/mol. The van der Waals surface area contributed by atoms with Crippen molar-refractivity contribution in [2.24, 2.45) is 5.92 Å². The van der Waals surface area contributed by atoms with Gasteiger partial charge in [0.25, 0.3) is 5.91 Å². The molecule has 1 saturated carbocycles. The Kier molecular flexibility index (Phi) is 11.4. The molecule has 2 saturated heterocycles. The zero-order valence-electron chi connectivity index (χ0n) is 27.2. The number of fused-ring (bicyclic) bond motifs is 1. The average Bonchev–Trinajstić information content (AvgIpc) is 3.87. The molecule has 3 fully saturated rings. The van der Waals surface area contributed by atoms with Crippen molar-refractivity contribution in [2.75, 3.05) is 38.2 Å². The van der Waals surface area contributed by atoms with Crippen molar-refractivity contribution < 1.29 is 29.0 Å². The Morgan fingerprint density at radius 3 is 2.48 bits per heavy atom. The molecule has 2 aromatic carbocycles. The SMILES string of the molecule is CCOC[C@@H]1CCCN1C(OC1CCC(C(=O)O)CC1)(C(=O)Cc1cc(Cl)c(NC(=O)c2csc3ccccc23)cc1Cl)N1CCCC1. The number of nitrogens with zero attached hydrogens (tertiary/aromatic N) is 2. The number of carbonyl (C=O) groups excluding carboxylic acids is 2. The van der Waals surface area contributed by atoms with E-state index in [1.807, 2.05) is 36.6 Å². The van der Waals surface area contributed by atoms with E-state index in [0.29, 0.717) is 80.4 Å². The van der Waals surface area contributed by atoms with Gasteiger partial charge >= 0.3 is 5.97 Å². The van der Waals surface area contributed by atoms with Crippen molar-refractivity contribution in [3.8, 4) is 0 Å². The van der Waals surface area contributed by atoms with Crippen molar-refractivity contribution in [1.82, 2.24) is 9.80 Å². The number of benzene rings is 2. The normalized spacial score (nSPS) is 23.4. The van der Waals surface area contributed by atoms with Gasteiger partial charge in [0.05, 0.1) is 34.9 Å².